The normalized spacial score (nSPS) is 10.8. The fourth-order valence-corrected chi connectivity index (χ4v) is 0.913. The predicted octanol–water partition coefficient (Wildman–Crippen LogP) is 0.157. The molecule has 112 valence electrons. The number of carboxylic acids is 1. The van der Waals surface area contributed by atoms with E-state index in [1.165, 1.54) is 6.34 Å². The summed E-state index contributed by atoms with van der Waals surface area (Å²) in [6, 6.07) is -0.754. The molecular weight excluding hydrogens is 285 g/mol. The van der Waals surface area contributed by atoms with Gasteiger partial charge in [-0.25, -0.2) is 0 Å². The van der Waals surface area contributed by atoms with E-state index in [0.29, 0.717) is 19.6 Å². The molecule has 0 aromatic carbocycles. The Morgan fingerprint density at radius 1 is 1.50 bits per heavy atom. The van der Waals surface area contributed by atoms with E-state index >= 15 is 0 Å². The molecule has 0 amide bonds. The summed E-state index contributed by atoms with van der Waals surface area (Å²) in [7, 11) is 0. The second-order valence-corrected chi connectivity index (χ2v) is 3.03. The van der Waals surface area contributed by atoms with Gasteiger partial charge in [-0.15, -0.1) is 24.8 Å². The highest BCUT2D eigenvalue weighted by Gasteiger charge is 2.09. The molecule has 0 aromatic heterocycles. The zero-order valence-electron chi connectivity index (χ0n) is 10.3. The number of aliphatic carboxylic acids is 1. The molecule has 0 spiro atoms. The third-order valence-electron chi connectivity index (χ3n) is 1.74. The molecule has 0 aliphatic carbocycles. The summed E-state index contributed by atoms with van der Waals surface area (Å²) >= 11 is 0. The summed E-state index contributed by atoms with van der Waals surface area (Å²) in [5, 5.41) is 8.50. The Kier molecular flexibility index (Phi) is 27.2. The molecular formula is C9H23Cl2N3O4. The van der Waals surface area contributed by atoms with Crippen molar-refractivity contribution in [1.82, 2.24) is 5.48 Å². The highest BCUT2D eigenvalue weighted by atomic mass is 35.5. The quantitative estimate of drug-likeness (QED) is 0.242. The first-order valence-electron chi connectivity index (χ1n) is 5.02. The van der Waals surface area contributed by atoms with Crippen molar-refractivity contribution in [3.8, 4) is 0 Å². The fourth-order valence-electron chi connectivity index (χ4n) is 0.913. The van der Waals surface area contributed by atoms with Gasteiger partial charge in [-0.05, 0) is 26.2 Å². The highest BCUT2D eigenvalue weighted by Crippen LogP contribution is 1.98. The molecule has 0 aromatic rings. The number of rotatable bonds is 9. The maximum atomic E-state index is 10.4. The number of hydroxylamine groups is 1. The first-order valence-corrected chi connectivity index (χ1v) is 5.02. The molecule has 0 heterocycles. The lowest BCUT2D eigenvalue weighted by Gasteiger charge is -2.04. The Morgan fingerprint density at radius 3 is 2.61 bits per heavy atom. The zero-order valence-corrected chi connectivity index (χ0v) is 11.9. The topological polar surface area (TPSA) is 128 Å². The zero-order chi connectivity index (χ0) is 11.5. The number of carboxylic acid groups (broad SMARTS) is 1. The number of carbonyl (C=O) groups is 1. The van der Waals surface area contributed by atoms with E-state index in [4.69, 9.17) is 15.7 Å². The van der Waals surface area contributed by atoms with Gasteiger partial charge in [0, 0.05) is 6.54 Å². The molecule has 0 rings (SSSR count). The van der Waals surface area contributed by atoms with Gasteiger partial charge in [-0.3, -0.25) is 20.1 Å². The van der Waals surface area contributed by atoms with Crippen molar-refractivity contribution in [3.63, 3.8) is 0 Å². The smallest absolute Gasteiger partial charge is 0.320 e. The SMILES string of the molecule is CCONC=NCCCC[C@H](N)C(=O)O.Cl.Cl.O. The molecule has 0 aliphatic heterocycles. The van der Waals surface area contributed by atoms with E-state index in [9.17, 15) is 4.79 Å². The third-order valence-corrected chi connectivity index (χ3v) is 1.74. The Bertz CT molecular complexity index is 208. The van der Waals surface area contributed by atoms with Crippen LogP contribution in [-0.4, -0.2) is 42.1 Å². The number of halogens is 2. The summed E-state index contributed by atoms with van der Waals surface area (Å²) < 4.78 is 0. The minimum absolute atomic E-state index is 0. The number of nitrogens with one attached hydrogen (secondary N) is 1. The van der Waals surface area contributed by atoms with E-state index < -0.39 is 12.0 Å². The number of unbranched alkanes of at least 4 members (excludes halogenated alkanes) is 1. The van der Waals surface area contributed by atoms with E-state index in [2.05, 4.69) is 10.5 Å². The van der Waals surface area contributed by atoms with Gasteiger partial charge in [-0.2, -0.15) is 0 Å². The van der Waals surface area contributed by atoms with Crippen molar-refractivity contribution in [2.45, 2.75) is 32.2 Å². The lowest BCUT2D eigenvalue weighted by atomic mass is 10.1. The van der Waals surface area contributed by atoms with E-state index in [0.717, 1.165) is 12.8 Å². The molecule has 0 aliphatic rings. The summed E-state index contributed by atoms with van der Waals surface area (Å²) in [5.74, 6) is -0.948. The molecule has 1 atom stereocenters. The van der Waals surface area contributed by atoms with E-state index in [1.807, 2.05) is 6.92 Å². The summed E-state index contributed by atoms with van der Waals surface area (Å²) in [4.78, 5) is 19.2. The van der Waals surface area contributed by atoms with Crippen molar-refractivity contribution in [3.05, 3.63) is 0 Å². The highest BCUT2D eigenvalue weighted by molar-refractivity contribution is 5.85. The minimum atomic E-state index is -0.948. The van der Waals surface area contributed by atoms with Crippen LogP contribution < -0.4 is 11.2 Å². The summed E-state index contributed by atoms with van der Waals surface area (Å²) in [6.07, 6.45) is 3.56. The first-order chi connectivity index (χ1) is 7.18. The van der Waals surface area contributed by atoms with Gasteiger partial charge in [0.2, 0.25) is 0 Å². The van der Waals surface area contributed by atoms with Crippen LogP contribution in [-0.2, 0) is 9.63 Å². The van der Waals surface area contributed by atoms with Gasteiger partial charge in [0.25, 0.3) is 0 Å². The van der Waals surface area contributed by atoms with Crippen molar-refractivity contribution >= 4 is 37.1 Å². The Labute approximate surface area is 119 Å². The predicted molar refractivity (Wildman–Crippen MR) is 75.7 cm³/mol. The van der Waals surface area contributed by atoms with Gasteiger partial charge in [-0.1, -0.05) is 0 Å². The number of hydrogen-bond donors (Lipinski definition) is 3. The van der Waals surface area contributed by atoms with Crippen LogP contribution >= 0.6 is 24.8 Å². The third kappa shape index (κ3) is 17.8. The molecule has 0 unspecified atom stereocenters. The second kappa shape index (κ2) is 18.8. The fraction of sp³-hybridized carbons (Fsp3) is 0.778. The Morgan fingerprint density at radius 2 is 2.11 bits per heavy atom. The summed E-state index contributed by atoms with van der Waals surface area (Å²) in [6.45, 7) is 3.10. The average Bonchev–Trinajstić information content (AvgIpc) is 2.21. The van der Waals surface area contributed by atoms with Gasteiger partial charge in [0.05, 0.1) is 6.61 Å². The maximum Gasteiger partial charge on any atom is 0.320 e. The average molecular weight is 308 g/mol. The molecule has 18 heavy (non-hydrogen) atoms. The van der Waals surface area contributed by atoms with E-state index in [1.54, 1.807) is 0 Å². The Balaban J connectivity index is -0.000000327. The second-order valence-electron chi connectivity index (χ2n) is 3.03. The summed E-state index contributed by atoms with van der Waals surface area (Å²) in [5.41, 5.74) is 7.87. The molecule has 0 fully saturated rings. The largest absolute Gasteiger partial charge is 0.480 e. The van der Waals surface area contributed by atoms with Gasteiger partial charge < -0.3 is 16.3 Å². The van der Waals surface area contributed by atoms with Crippen LogP contribution in [0, 0.1) is 0 Å². The number of nitrogens with two attached hydrogens (primary N) is 1. The van der Waals surface area contributed by atoms with Crippen LogP contribution in [0.4, 0.5) is 0 Å². The van der Waals surface area contributed by atoms with Crippen molar-refractivity contribution in [1.29, 1.82) is 0 Å². The van der Waals surface area contributed by atoms with Crippen molar-refractivity contribution < 1.29 is 20.2 Å². The number of nitrogens with zero attached hydrogens (tertiary/aromatic N) is 1. The molecule has 7 nitrogen and oxygen atoms in total. The lowest BCUT2D eigenvalue weighted by molar-refractivity contribution is -0.138. The van der Waals surface area contributed by atoms with Crippen LogP contribution in [0.1, 0.15) is 26.2 Å². The van der Waals surface area contributed by atoms with Gasteiger partial charge in [0.15, 0.2) is 0 Å². The molecule has 0 bridgehead atoms. The van der Waals surface area contributed by atoms with Crippen LogP contribution in [0.5, 0.6) is 0 Å². The monoisotopic (exact) mass is 307 g/mol. The van der Waals surface area contributed by atoms with Gasteiger partial charge >= 0.3 is 5.97 Å². The molecule has 6 N–H and O–H groups in total. The van der Waals surface area contributed by atoms with Crippen LogP contribution in [0.15, 0.2) is 4.99 Å². The number of aliphatic imine (C=N–C) groups is 1. The first kappa shape index (κ1) is 26.1. The van der Waals surface area contributed by atoms with Gasteiger partial charge in [0.1, 0.15) is 12.4 Å². The van der Waals surface area contributed by atoms with Crippen LogP contribution in [0.3, 0.4) is 0 Å². The molecule has 9 heteroatoms. The standard InChI is InChI=1S/C9H19N3O3.2ClH.H2O/c1-2-15-12-7-11-6-4-3-5-8(10)9(13)14;;;/h7-8H,2-6,10H2,1H3,(H,11,12)(H,13,14);2*1H;1H2/t8-;;;/m0.../s1. The minimum Gasteiger partial charge on any atom is -0.480 e. The molecule has 0 saturated heterocycles. The van der Waals surface area contributed by atoms with Crippen molar-refractivity contribution in [2.75, 3.05) is 13.2 Å². The van der Waals surface area contributed by atoms with Crippen LogP contribution in [0.25, 0.3) is 0 Å². The molecule has 0 saturated carbocycles. The lowest BCUT2D eigenvalue weighted by Crippen LogP contribution is -2.29. The van der Waals surface area contributed by atoms with Crippen LogP contribution in [0.2, 0.25) is 0 Å². The number of hydrogen-bond acceptors (Lipinski definition) is 4. The Hall–Kier alpha value is -0.600. The maximum absolute atomic E-state index is 10.4. The van der Waals surface area contributed by atoms with E-state index in [-0.39, 0.29) is 30.3 Å². The molecule has 0 radical (unpaired) electrons. The van der Waals surface area contributed by atoms with Crippen molar-refractivity contribution in [2.24, 2.45) is 10.7 Å².